The SMILES string of the molecule is O=c1c(OC2CCCC2)c(N2CCN(S(=O)(=O)CCCF)CC2)cnn1-c1cccc(Cl)c1. The van der Waals surface area contributed by atoms with E-state index in [1.54, 1.807) is 30.5 Å². The third-order valence-corrected chi connectivity index (χ3v) is 8.25. The van der Waals surface area contributed by atoms with Crippen molar-refractivity contribution in [3.63, 3.8) is 0 Å². The molecule has 0 spiro atoms. The lowest BCUT2D eigenvalue weighted by atomic mass is 10.2. The van der Waals surface area contributed by atoms with E-state index in [1.165, 1.54) is 8.99 Å². The van der Waals surface area contributed by atoms with Crippen molar-refractivity contribution in [3.05, 3.63) is 45.8 Å². The molecule has 1 saturated carbocycles. The molecule has 180 valence electrons. The zero-order valence-corrected chi connectivity index (χ0v) is 19.9. The first-order chi connectivity index (χ1) is 15.9. The molecule has 2 fully saturated rings. The molecule has 11 heteroatoms. The van der Waals surface area contributed by atoms with E-state index in [9.17, 15) is 17.6 Å². The summed E-state index contributed by atoms with van der Waals surface area (Å²) in [6, 6.07) is 6.89. The second-order valence-corrected chi connectivity index (χ2v) is 10.8. The highest BCUT2D eigenvalue weighted by molar-refractivity contribution is 7.89. The first kappa shape index (κ1) is 24.0. The maximum absolute atomic E-state index is 13.4. The van der Waals surface area contributed by atoms with Crippen molar-refractivity contribution in [1.29, 1.82) is 0 Å². The lowest BCUT2D eigenvalue weighted by molar-refractivity contribution is 0.205. The molecule has 0 bridgehead atoms. The van der Waals surface area contributed by atoms with Crippen LogP contribution in [0.2, 0.25) is 5.02 Å². The number of alkyl halides is 1. The Morgan fingerprint density at radius 2 is 1.88 bits per heavy atom. The van der Waals surface area contributed by atoms with Crippen LogP contribution in [0.1, 0.15) is 32.1 Å². The van der Waals surface area contributed by atoms with Crippen molar-refractivity contribution in [1.82, 2.24) is 14.1 Å². The van der Waals surface area contributed by atoms with Gasteiger partial charge in [0.25, 0.3) is 0 Å². The van der Waals surface area contributed by atoms with Gasteiger partial charge in [0.15, 0.2) is 0 Å². The molecule has 1 aliphatic carbocycles. The summed E-state index contributed by atoms with van der Waals surface area (Å²) in [5, 5.41) is 4.85. The number of halogens is 2. The lowest BCUT2D eigenvalue weighted by Gasteiger charge is -2.36. The smallest absolute Gasteiger partial charge is 0.316 e. The van der Waals surface area contributed by atoms with Crippen molar-refractivity contribution in [2.75, 3.05) is 43.5 Å². The van der Waals surface area contributed by atoms with Crippen molar-refractivity contribution in [2.45, 2.75) is 38.2 Å². The molecule has 2 aliphatic rings. The second-order valence-electron chi connectivity index (χ2n) is 8.32. The van der Waals surface area contributed by atoms with Gasteiger partial charge in [-0.05, 0) is 50.3 Å². The summed E-state index contributed by atoms with van der Waals surface area (Å²) in [6.07, 6.45) is 5.45. The largest absolute Gasteiger partial charge is 0.483 e. The van der Waals surface area contributed by atoms with E-state index in [0.29, 0.717) is 29.5 Å². The molecule has 33 heavy (non-hydrogen) atoms. The second kappa shape index (κ2) is 10.4. The highest BCUT2D eigenvalue weighted by atomic mass is 35.5. The number of piperazine rings is 1. The zero-order chi connectivity index (χ0) is 23.4. The molecular formula is C22H28ClFN4O4S. The predicted octanol–water partition coefficient (Wildman–Crippen LogP) is 3.02. The minimum atomic E-state index is -3.49. The van der Waals surface area contributed by atoms with Crippen LogP contribution in [-0.4, -0.2) is 67.2 Å². The molecule has 0 amide bonds. The molecule has 2 aromatic rings. The van der Waals surface area contributed by atoms with Gasteiger partial charge in [0.1, 0.15) is 5.69 Å². The number of hydrogen-bond donors (Lipinski definition) is 0. The number of sulfonamides is 1. The Morgan fingerprint density at radius 3 is 2.55 bits per heavy atom. The van der Waals surface area contributed by atoms with Crippen LogP contribution in [0.5, 0.6) is 5.75 Å². The minimum absolute atomic E-state index is 0.00638. The molecule has 4 rings (SSSR count). The molecule has 1 aromatic carbocycles. The summed E-state index contributed by atoms with van der Waals surface area (Å²) in [6.45, 7) is 0.635. The standard InChI is InChI=1S/C22H28ClFN4O4S/c23-17-5-3-6-18(15-17)28-22(29)21(32-19-7-1-2-8-19)20(16-25-28)26-10-12-27(13-11-26)33(30,31)14-4-9-24/h3,5-6,15-16,19H,1-2,4,7-14H2. The normalized spacial score (nSPS) is 18.1. The number of anilines is 1. The number of nitrogens with zero attached hydrogens (tertiary/aromatic N) is 4. The summed E-state index contributed by atoms with van der Waals surface area (Å²) in [5.41, 5.74) is 0.727. The van der Waals surface area contributed by atoms with Crippen LogP contribution in [0.3, 0.4) is 0 Å². The van der Waals surface area contributed by atoms with Crippen LogP contribution < -0.4 is 15.2 Å². The summed E-state index contributed by atoms with van der Waals surface area (Å²) in [5.74, 6) is 0.0298. The topological polar surface area (TPSA) is 84.7 Å². The number of rotatable bonds is 8. The fourth-order valence-corrected chi connectivity index (χ4v) is 5.94. The van der Waals surface area contributed by atoms with Gasteiger partial charge in [-0.15, -0.1) is 0 Å². The van der Waals surface area contributed by atoms with Crippen LogP contribution >= 0.6 is 11.6 Å². The van der Waals surface area contributed by atoms with Crippen LogP contribution in [0, 0.1) is 0 Å². The van der Waals surface area contributed by atoms with Crippen LogP contribution in [0.15, 0.2) is 35.3 Å². The van der Waals surface area contributed by atoms with E-state index in [0.717, 1.165) is 25.7 Å². The molecule has 0 radical (unpaired) electrons. The van der Waals surface area contributed by atoms with Crippen molar-refractivity contribution in [3.8, 4) is 11.4 Å². The number of aromatic nitrogens is 2. The number of hydrogen-bond acceptors (Lipinski definition) is 6. The quantitative estimate of drug-likeness (QED) is 0.556. The molecule has 0 atom stereocenters. The van der Waals surface area contributed by atoms with Gasteiger partial charge >= 0.3 is 5.56 Å². The summed E-state index contributed by atoms with van der Waals surface area (Å²) < 4.78 is 46.1. The van der Waals surface area contributed by atoms with Gasteiger partial charge in [0.2, 0.25) is 15.8 Å². The predicted molar refractivity (Wildman–Crippen MR) is 126 cm³/mol. The Labute approximate surface area is 197 Å². The Kier molecular flexibility index (Phi) is 7.55. The summed E-state index contributed by atoms with van der Waals surface area (Å²) >= 11 is 6.10. The molecular weight excluding hydrogens is 471 g/mol. The molecule has 0 unspecified atom stereocenters. The monoisotopic (exact) mass is 498 g/mol. The maximum atomic E-state index is 13.4. The average Bonchev–Trinajstić information content (AvgIpc) is 3.32. The molecule has 8 nitrogen and oxygen atoms in total. The van der Waals surface area contributed by atoms with E-state index >= 15 is 0 Å². The van der Waals surface area contributed by atoms with Crippen LogP contribution in [0.25, 0.3) is 5.69 Å². The van der Waals surface area contributed by atoms with Gasteiger partial charge in [0.05, 0.1) is 30.4 Å². The Morgan fingerprint density at radius 1 is 1.15 bits per heavy atom. The fourth-order valence-electron chi connectivity index (χ4n) is 4.30. The summed E-state index contributed by atoms with van der Waals surface area (Å²) in [7, 11) is -3.49. The Balaban J connectivity index is 1.61. The highest BCUT2D eigenvalue weighted by Gasteiger charge is 2.30. The van der Waals surface area contributed by atoms with Gasteiger partial charge in [-0.3, -0.25) is 9.18 Å². The average molecular weight is 499 g/mol. The number of ether oxygens (including phenoxy) is 1. The first-order valence-electron chi connectivity index (χ1n) is 11.2. The molecule has 1 saturated heterocycles. The van der Waals surface area contributed by atoms with Gasteiger partial charge in [-0.1, -0.05) is 17.7 Å². The van der Waals surface area contributed by atoms with Crippen molar-refractivity contribution in [2.24, 2.45) is 0 Å². The third-order valence-electron chi connectivity index (χ3n) is 6.06. The molecule has 1 aliphatic heterocycles. The van der Waals surface area contributed by atoms with E-state index < -0.39 is 16.7 Å². The third kappa shape index (κ3) is 5.50. The first-order valence-corrected chi connectivity index (χ1v) is 13.2. The van der Waals surface area contributed by atoms with Gasteiger partial charge in [0, 0.05) is 31.2 Å². The summed E-state index contributed by atoms with van der Waals surface area (Å²) in [4.78, 5) is 15.4. The van der Waals surface area contributed by atoms with Crippen molar-refractivity contribution < 1.29 is 17.5 Å². The minimum Gasteiger partial charge on any atom is -0.483 e. The van der Waals surface area contributed by atoms with Crippen LogP contribution in [0.4, 0.5) is 10.1 Å². The zero-order valence-electron chi connectivity index (χ0n) is 18.3. The van der Waals surface area contributed by atoms with E-state index in [-0.39, 0.29) is 42.7 Å². The van der Waals surface area contributed by atoms with Gasteiger partial charge in [-0.25, -0.2) is 8.42 Å². The van der Waals surface area contributed by atoms with Crippen molar-refractivity contribution >= 4 is 27.3 Å². The fraction of sp³-hybridized carbons (Fsp3) is 0.545. The molecule has 1 aromatic heterocycles. The Hall–Kier alpha value is -2.17. The lowest BCUT2D eigenvalue weighted by Crippen LogP contribution is -2.49. The Bertz CT molecular complexity index is 1130. The van der Waals surface area contributed by atoms with Crippen LogP contribution in [-0.2, 0) is 10.0 Å². The number of benzene rings is 1. The van der Waals surface area contributed by atoms with Gasteiger partial charge < -0.3 is 9.64 Å². The highest BCUT2D eigenvalue weighted by Crippen LogP contribution is 2.30. The molecule has 0 N–H and O–H groups in total. The van der Waals surface area contributed by atoms with E-state index in [2.05, 4.69) is 5.10 Å². The van der Waals surface area contributed by atoms with Gasteiger partial charge in [-0.2, -0.15) is 14.1 Å². The maximum Gasteiger partial charge on any atom is 0.316 e. The van der Waals surface area contributed by atoms with E-state index in [4.69, 9.17) is 16.3 Å². The van der Waals surface area contributed by atoms with E-state index in [1.807, 2.05) is 4.90 Å². The molecule has 2 heterocycles.